The van der Waals surface area contributed by atoms with E-state index in [4.69, 9.17) is 10.5 Å². The first-order chi connectivity index (χ1) is 9.22. The van der Waals surface area contributed by atoms with E-state index in [-0.39, 0.29) is 6.10 Å². The molecular formula is C15H28N2O2. The minimum absolute atomic E-state index is 0.241. The standard InChI is InChI=1S/C15H28N2O2/c1-19-14-3-2-8-17(11-14)15(18)9-12-4-6-13(10-16)7-5-12/h12-14H,2-11,16H2,1H3. The van der Waals surface area contributed by atoms with Crippen LogP contribution in [-0.4, -0.2) is 43.7 Å². The monoisotopic (exact) mass is 268 g/mol. The molecule has 110 valence electrons. The van der Waals surface area contributed by atoms with E-state index >= 15 is 0 Å². The van der Waals surface area contributed by atoms with E-state index in [2.05, 4.69) is 0 Å². The number of rotatable bonds is 4. The topological polar surface area (TPSA) is 55.6 Å². The van der Waals surface area contributed by atoms with E-state index in [1.165, 1.54) is 25.7 Å². The first-order valence-corrected chi connectivity index (χ1v) is 7.73. The number of hydrogen-bond acceptors (Lipinski definition) is 3. The van der Waals surface area contributed by atoms with Crippen LogP contribution in [0.2, 0.25) is 0 Å². The van der Waals surface area contributed by atoms with Gasteiger partial charge in [0.1, 0.15) is 0 Å². The quantitative estimate of drug-likeness (QED) is 0.845. The molecule has 1 heterocycles. The lowest BCUT2D eigenvalue weighted by Gasteiger charge is -2.34. The molecule has 1 aliphatic heterocycles. The lowest BCUT2D eigenvalue weighted by molar-refractivity contribution is -0.136. The van der Waals surface area contributed by atoms with Gasteiger partial charge in [0.05, 0.1) is 6.10 Å². The van der Waals surface area contributed by atoms with Crippen LogP contribution in [0.4, 0.5) is 0 Å². The van der Waals surface area contributed by atoms with Gasteiger partial charge in [-0.1, -0.05) is 0 Å². The van der Waals surface area contributed by atoms with E-state index in [0.29, 0.717) is 17.7 Å². The second-order valence-corrected chi connectivity index (χ2v) is 6.17. The van der Waals surface area contributed by atoms with Crippen molar-refractivity contribution in [2.24, 2.45) is 17.6 Å². The van der Waals surface area contributed by atoms with Crippen LogP contribution in [0.5, 0.6) is 0 Å². The van der Waals surface area contributed by atoms with Crippen LogP contribution in [-0.2, 0) is 9.53 Å². The third-order valence-electron chi connectivity index (χ3n) is 4.83. The third kappa shape index (κ3) is 4.18. The predicted octanol–water partition coefficient (Wildman–Crippen LogP) is 1.78. The summed E-state index contributed by atoms with van der Waals surface area (Å²) < 4.78 is 5.38. The van der Waals surface area contributed by atoms with Crippen LogP contribution in [0.25, 0.3) is 0 Å². The highest BCUT2D eigenvalue weighted by molar-refractivity contribution is 5.76. The van der Waals surface area contributed by atoms with Gasteiger partial charge in [-0.2, -0.15) is 0 Å². The molecule has 2 fully saturated rings. The van der Waals surface area contributed by atoms with Gasteiger partial charge < -0.3 is 15.4 Å². The number of methoxy groups -OCH3 is 1. The van der Waals surface area contributed by atoms with Crippen molar-refractivity contribution < 1.29 is 9.53 Å². The molecule has 1 atom stereocenters. The molecular weight excluding hydrogens is 240 g/mol. The number of carbonyl (C=O) groups is 1. The number of likely N-dealkylation sites (tertiary alicyclic amines) is 1. The molecule has 1 saturated carbocycles. The summed E-state index contributed by atoms with van der Waals surface area (Å²) in [6.45, 7) is 2.51. The maximum absolute atomic E-state index is 12.3. The molecule has 0 spiro atoms. The minimum Gasteiger partial charge on any atom is -0.380 e. The fraction of sp³-hybridized carbons (Fsp3) is 0.933. The molecule has 1 unspecified atom stereocenters. The molecule has 1 saturated heterocycles. The number of ether oxygens (including phenoxy) is 1. The average Bonchev–Trinajstić information content (AvgIpc) is 2.48. The lowest BCUT2D eigenvalue weighted by Crippen LogP contribution is -2.43. The molecule has 4 heteroatoms. The summed E-state index contributed by atoms with van der Waals surface area (Å²) in [5.74, 6) is 1.61. The Morgan fingerprint density at radius 2 is 1.89 bits per heavy atom. The Kier molecular flexibility index (Phi) is 5.64. The van der Waals surface area contributed by atoms with Crippen molar-refractivity contribution in [1.82, 2.24) is 4.90 Å². The molecule has 0 aromatic heterocycles. The van der Waals surface area contributed by atoms with Gasteiger partial charge in [0.2, 0.25) is 5.91 Å². The SMILES string of the molecule is COC1CCCN(C(=O)CC2CCC(CN)CC2)C1. The number of carbonyl (C=O) groups excluding carboxylic acids is 1. The first-order valence-electron chi connectivity index (χ1n) is 7.73. The summed E-state index contributed by atoms with van der Waals surface area (Å²) >= 11 is 0. The first kappa shape index (κ1) is 14.8. The molecule has 0 aromatic rings. The van der Waals surface area contributed by atoms with Gasteiger partial charge >= 0.3 is 0 Å². The smallest absolute Gasteiger partial charge is 0.222 e. The number of amides is 1. The van der Waals surface area contributed by atoms with Gasteiger partial charge in [-0.15, -0.1) is 0 Å². The molecule has 19 heavy (non-hydrogen) atoms. The molecule has 1 aliphatic carbocycles. The van der Waals surface area contributed by atoms with Gasteiger partial charge in [-0.3, -0.25) is 4.79 Å². The van der Waals surface area contributed by atoms with Crippen LogP contribution in [0.3, 0.4) is 0 Å². The zero-order valence-electron chi connectivity index (χ0n) is 12.1. The van der Waals surface area contributed by atoms with Crippen molar-refractivity contribution in [3.63, 3.8) is 0 Å². The third-order valence-corrected chi connectivity index (χ3v) is 4.83. The van der Waals surface area contributed by atoms with Gasteiger partial charge in [-0.25, -0.2) is 0 Å². The van der Waals surface area contributed by atoms with Crippen molar-refractivity contribution in [1.29, 1.82) is 0 Å². The zero-order chi connectivity index (χ0) is 13.7. The van der Waals surface area contributed by atoms with Crippen molar-refractivity contribution in [2.75, 3.05) is 26.7 Å². The Hall–Kier alpha value is -0.610. The summed E-state index contributed by atoms with van der Waals surface area (Å²) in [7, 11) is 1.74. The van der Waals surface area contributed by atoms with Crippen molar-refractivity contribution in [3.05, 3.63) is 0 Å². The molecule has 0 aromatic carbocycles. The number of nitrogens with two attached hydrogens (primary N) is 1. The fourth-order valence-corrected chi connectivity index (χ4v) is 3.40. The Morgan fingerprint density at radius 3 is 2.53 bits per heavy atom. The number of hydrogen-bond donors (Lipinski definition) is 1. The van der Waals surface area contributed by atoms with Crippen LogP contribution >= 0.6 is 0 Å². The van der Waals surface area contributed by atoms with Crippen molar-refractivity contribution >= 4 is 5.91 Å². The van der Waals surface area contributed by atoms with E-state index in [1.54, 1.807) is 7.11 Å². The fourth-order valence-electron chi connectivity index (χ4n) is 3.40. The van der Waals surface area contributed by atoms with Crippen LogP contribution < -0.4 is 5.73 Å². The zero-order valence-corrected chi connectivity index (χ0v) is 12.1. The summed E-state index contributed by atoms with van der Waals surface area (Å²) in [4.78, 5) is 14.3. The van der Waals surface area contributed by atoms with Crippen LogP contribution in [0.15, 0.2) is 0 Å². The Morgan fingerprint density at radius 1 is 1.21 bits per heavy atom. The molecule has 2 N–H and O–H groups in total. The van der Waals surface area contributed by atoms with Gasteiger partial charge in [0.25, 0.3) is 0 Å². The highest BCUT2D eigenvalue weighted by atomic mass is 16.5. The summed E-state index contributed by atoms with van der Waals surface area (Å²) in [6.07, 6.45) is 7.89. The van der Waals surface area contributed by atoms with E-state index in [1.807, 2.05) is 4.90 Å². The Bertz CT molecular complexity index is 288. The summed E-state index contributed by atoms with van der Waals surface area (Å²) in [5, 5.41) is 0. The second-order valence-electron chi connectivity index (χ2n) is 6.17. The predicted molar refractivity (Wildman–Crippen MR) is 75.7 cm³/mol. The molecule has 0 radical (unpaired) electrons. The molecule has 1 amide bonds. The molecule has 0 bridgehead atoms. The van der Waals surface area contributed by atoms with Crippen LogP contribution in [0.1, 0.15) is 44.9 Å². The summed E-state index contributed by atoms with van der Waals surface area (Å²) in [5.41, 5.74) is 5.71. The van der Waals surface area contributed by atoms with Gasteiger partial charge in [0, 0.05) is 26.6 Å². The molecule has 2 rings (SSSR count). The average molecular weight is 268 g/mol. The lowest BCUT2D eigenvalue weighted by atomic mass is 9.80. The largest absolute Gasteiger partial charge is 0.380 e. The van der Waals surface area contributed by atoms with Gasteiger partial charge in [-0.05, 0) is 56.9 Å². The van der Waals surface area contributed by atoms with Gasteiger partial charge in [0.15, 0.2) is 0 Å². The highest BCUT2D eigenvalue weighted by Crippen LogP contribution is 2.30. The van der Waals surface area contributed by atoms with Crippen molar-refractivity contribution in [3.8, 4) is 0 Å². The second kappa shape index (κ2) is 7.25. The summed E-state index contributed by atoms with van der Waals surface area (Å²) in [6, 6.07) is 0. The maximum atomic E-state index is 12.3. The molecule has 4 nitrogen and oxygen atoms in total. The van der Waals surface area contributed by atoms with E-state index in [9.17, 15) is 4.79 Å². The Labute approximate surface area is 116 Å². The minimum atomic E-state index is 0.241. The maximum Gasteiger partial charge on any atom is 0.222 e. The molecule has 2 aliphatic rings. The number of piperidine rings is 1. The normalized spacial score (nSPS) is 32.3. The van der Waals surface area contributed by atoms with Crippen molar-refractivity contribution in [2.45, 2.75) is 51.0 Å². The Balaban J connectivity index is 1.75. The van der Waals surface area contributed by atoms with Crippen LogP contribution in [0, 0.1) is 11.8 Å². The highest BCUT2D eigenvalue weighted by Gasteiger charge is 2.27. The van der Waals surface area contributed by atoms with E-state index in [0.717, 1.165) is 38.9 Å². The number of nitrogens with zero attached hydrogens (tertiary/aromatic N) is 1. The van der Waals surface area contributed by atoms with E-state index < -0.39 is 0 Å².